The summed E-state index contributed by atoms with van der Waals surface area (Å²) in [6.45, 7) is 4.84. The zero-order valence-corrected chi connectivity index (χ0v) is 9.19. The Morgan fingerprint density at radius 2 is 1.62 bits per heavy atom. The largest absolute Gasteiger partial charge is 0.619 e. The molecule has 0 heterocycles. The molecule has 0 aromatic rings. The van der Waals surface area contributed by atoms with Gasteiger partial charge in [0.15, 0.2) is 0 Å². The highest BCUT2D eigenvalue weighted by Crippen LogP contribution is 1.95. The molecule has 0 atom stereocenters. The van der Waals surface area contributed by atoms with E-state index in [1.165, 1.54) is 13.8 Å². The standard InChI is InChI=1S/C7H14O5Si/c1-4-5-10-13(11-6(2)8)12-7(3)9/h13H,4-5H2,1-3H3. The molecule has 0 saturated carbocycles. The summed E-state index contributed by atoms with van der Waals surface area (Å²) in [5, 5.41) is 0. The van der Waals surface area contributed by atoms with Crippen LogP contribution in [-0.4, -0.2) is 28.1 Å². The molecule has 0 aromatic heterocycles. The molecule has 0 aliphatic rings. The van der Waals surface area contributed by atoms with Crippen LogP contribution in [0, 0.1) is 0 Å². The average molecular weight is 206 g/mol. The third kappa shape index (κ3) is 7.48. The minimum atomic E-state index is -2.57. The lowest BCUT2D eigenvalue weighted by Crippen LogP contribution is -2.31. The van der Waals surface area contributed by atoms with Crippen molar-refractivity contribution < 1.29 is 22.9 Å². The van der Waals surface area contributed by atoms with E-state index in [1.807, 2.05) is 6.92 Å². The lowest BCUT2D eigenvalue weighted by atomic mass is 10.5. The number of carbonyl (C=O) groups is 2. The van der Waals surface area contributed by atoms with Gasteiger partial charge in [-0.3, -0.25) is 9.59 Å². The van der Waals surface area contributed by atoms with E-state index in [2.05, 4.69) is 0 Å². The van der Waals surface area contributed by atoms with Crippen LogP contribution >= 0.6 is 0 Å². The van der Waals surface area contributed by atoms with Crippen LogP contribution in [0.25, 0.3) is 0 Å². The zero-order chi connectivity index (χ0) is 10.3. The van der Waals surface area contributed by atoms with Crippen molar-refractivity contribution in [2.24, 2.45) is 0 Å². The van der Waals surface area contributed by atoms with Gasteiger partial charge in [-0.15, -0.1) is 0 Å². The predicted octanol–water partition coefficient (Wildman–Crippen LogP) is 0.256. The maximum absolute atomic E-state index is 10.5. The topological polar surface area (TPSA) is 61.8 Å². The molecule has 0 saturated heterocycles. The van der Waals surface area contributed by atoms with Crippen molar-refractivity contribution in [2.75, 3.05) is 6.61 Å². The van der Waals surface area contributed by atoms with E-state index in [4.69, 9.17) is 13.3 Å². The first-order chi connectivity index (χ1) is 6.06. The molecule has 0 radical (unpaired) electrons. The summed E-state index contributed by atoms with van der Waals surface area (Å²) < 4.78 is 14.5. The fourth-order valence-corrected chi connectivity index (χ4v) is 1.73. The summed E-state index contributed by atoms with van der Waals surface area (Å²) in [6, 6.07) is 0. The fraction of sp³-hybridized carbons (Fsp3) is 0.714. The summed E-state index contributed by atoms with van der Waals surface area (Å²) in [5.74, 6) is -0.983. The Balaban J connectivity index is 3.87. The first kappa shape index (κ1) is 12.1. The van der Waals surface area contributed by atoms with Crippen molar-refractivity contribution in [3.8, 4) is 0 Å². The van der Waals surface area contributed by atoms with Crippen molar-refractivity contribution in [3.63, 3.8) is 0 Å². The number of hydrogen-bond acceptors (Lipinski definition) is 5. The van der Waals surface area contributed by atoms with Gasteiger partial charge in [0.1, 0.15) is 0 Å². The van der Waals surface area contributed by atoms with Crippen LogP contribution in [0.15, 0.2) is 0 Å². The Labute approximate surface area is 78.9 Å². The van der Waals surface area contributed by atoms with Crippen molar-refractivity contribution in [1.29, 1.82) is 0 Å². The second kappa shape index (κ2) is 6.61. The molecule has 0 aliphatic carbocycles. The summed E-state index contributed by atoms with van der Waals surface area (Å²) in [4.78, 5) is 21.1. The van der Waals surface area contributed by atoms with E-state index < -0.39 is 21.5 Å². The van der Waals surface area contributed by atoms with Gasteiger partial charge in [-0.25, -0.2) is 0 Å². The predicted molar refractivity (Wildman–Crippen MR) is 46.9 cm³/mol. The lowest BCUT2D eigenvalue weighted by Gasteiger charge is -2.13. The van der Waals surface area contributed by atoms with Crippen molar-refractivity contribution in [2.45, 2.75) is 27.2 Å². The van der Waals surface area contributed by atoms with Crippen molar-refractivity contribution >= 4 is 21.5 Å². The molecule has 0 aliphatic heterocycles. The molecule has 0 fully saturated rings. The first-order valence-electron chi connectivity index (χ1n) is 4.02. The van der Waals surface area contributed by atoms with E-state index in [-0.39, 0.29) is 0 Å². The summed E-state index contributed by atoms with van der Waals surface area (Å²) in [7, 11) is -2.57. The molecule has 5 nitrogen and oxygen atoms in total. The molecule has 6 heteroatoms. The lowest BCUT2D eigenvalue weighted by molar-refractivity contribution is -0.140. The van der Waals surface area contributed by atoms with Crippen molar-refractivity contribution in [3.05, 3.63) is 0 Å². The van der Waals surface area contributed by atoms with Crippen LogP contribution in [0.1, 0.15) is 27.2 Å². The monoisotopic (exact) mass is 206 g/mol. The molecular weight excluding hydrogens is 192 g/mol. The van der Waals surface area contributed by atoms with Gasteiger partial charge in [0.2, 0.25) is 0 Å². The number of carbonyl (C=O) groups excluding carboxylic acids is 2. The number of rotatable bonds is 5. The molecule has 0 rings (SSSR count). The first-order valence-corrected chi connectivity index (χ1v) is 5.43. The second-order valence-electron chi connectivity index (χ2n) is 2.38. The average Bonchev–Trinajstić information content (AvgIpc) is 1.98. The zero-order valence-electron chi connectivity index (χ0n) is 8.03. The Hall–Kier alpha value is -0.883. The molecule has 76 valence electrons. The fourth-order valence-electron chi connectivity index (χ4n) is 0.577. The van der Waals surface area contributed by atoms with Gasteiger partial charge in [-0.2, -0.15) is 0 Å². The van der Waals surface area contributed by atoms with E-state index >= 15 is 0 Å². The van der Waals surface area contributed by atoms with Crippen LogP contribution < -0.4 is 0 Å². The second-order valence-corrected chi connectivity index (χ2v) is 3.76. The highest BCUT2D eigenvalue weighted by Gasteiger charge is 2.21. The molecule has 0 spiro atoms. The summed E-state index contributed by atoms with van der Waals surface area (Å²) in [6.07, 6.45) is 0.784. The molecular formula is C7H14O5Si. The maximum Gasteiger partial charge on any atom is 0.619 e. The van der Waals surface area contributed by atoms with Gasteiger partial charge < -0.3 is 13.3 Å². The van der Waals surface area contributed by atoms with E-state index in [0.29, 0.717) is 6.61 Å². The van der Waals surface area contributed by atoms with E-state index in [0.717, 1.165) is 6.42 Å². The molecule has 0 amide bonds. The molecule has 0 bridgehead atoms. The smallest absolute Gasteiger partial charge is 0.467 e. The van der Waals surface area contributed by atoms with Gasteiger partial charge in [0.05, 0.1) is 0 Å². The Morgan fingerprint density at radius 1 is 1.15 bits per heavy atom. The van der Waals surface area contributed by atoms with Gasteiger partial charge in [0, 0.05) is 20.5 Å². The van der Waals surface area contributed by atoms with E-state index in [1.54, 1.807) is 0 Å². The van der Waals surface area contributed by atoms with E-state index in [9.17, 15) is 9.59 Å². The normalized spacial score (nSPS) is 9.85. The number of hydrogen-bond donors (Lipinski definition) is 0. The van der Waals surface area contributed by atoms with Gasteiger partial charge >= 0.3 is 9.53 Å². The van der Waals surface area contributed by atoms with Crippen molar-refractivity contribution in [1.82, 2.24) is 0 Å². The molecule has 0 unspecified atom stereocenters. The summed E-state index contributed by atoms with van der Waals surface area (Å²) >= 11 is 0. The van der Waals surface area contributed by atoms with Gasteiger partial charge in [-0.05, 0) is 6.42 Å². The molecule has 13 heavy (non-hydrogen) atoms. The summed E-state index contributed by atoms with van der Waals surface area (Å²) in [5.41, 5.74) is 0. The minimum Gasteiger partial charge on any atom is -0.467 e. The molecule has 0 N–H and O–H groups in total. The Kier molecular flexibility index (Phi) is 6.16. The molecule has 0 aromatic carbocycles. The van der Waals surface area contributed by atoms with Crippen LogP contribution in [0.5, 0.6) is 0 Å². The van der Waals surface area contributed by atoms with Gasteiger partial charge in [-0.1, -0.05) is 6.92 Å². The van der Waals surface area contributed by atoms with Gasteiger partial charge in [0.25, 0.3) is 11.9 Å². The van der Waals surface area contributed by atoms with Crippen LogP contribution in [0.4, 0.5) is 0 Å². The third-order valence-corrected chi connectivity index (χ3v) is 2.54. The van der Waals surface area contributed by atoms with Crippen LogP contribution in [0.2, 0.25) is 0 Å². The SMILES string of the molecule is CCCO[SiH](OC(C)=O)OC(C)=O. The van der Waals surface area contributed by atoms with Crippen LogP contribution in [-0.2, 0) is 22.9 Å². The highest BCUT2D eigenvalue weighted by atomic mass is 28.3. The third-order valence-electron chi connectivity index (χ3n) is 0.982. The minimum absolute atomic E-state index is 0.428. The maximum atomic E-state index is 10.5. The Morgan fingerprint density at radius 3 is 1.92 bits per heavy atom. The van der Waals surface area contributed by atoms with Crippen LogP contribution in [0.3, 0.4) is 0 Å². The Bertz CT molecular complexity index is 166. The highest BCUT2D eigenvalue weighted by molar-refractivity contribution is 6.41. The quantitative estimate of drug-likeness (QED) is 0.604.